The van der Waals surface area contributed by atoms with Crippen LogP contribution in [0.1, 0.15) is 38.7 Å². The number of nitrogens with zero attached hydrogens (tertiary/aromatic N) is 2. The summed E-state index contributed by atoms with van der Waals surface area (Å²) in [4.78, 5) is 4.80. The van der Waals surface area contributed by atoms with Crippen LogP contribution in [-0.2, 0) is 21.2 Å². The van der Waals surface area contributed by atoms with Gasteiger partial charge in [0.05, 0.1) is 31.1 Å². The summed E-state index contributed by atoms with van der Waals surface area (Å²) in [5.41, 5.74) is 0.312. The zero-order chi connectivity index (χ0) is 19.7. The van der Waals surface area contributed by atoms with Gasteiger partial charge in [0.25, 0.3) is 0 Å². The third kappa shape index (κ3) is 4.21. The minimum absolute atomic E-state index is 0.234. The van der Waals surface area contributed by atoms with Gasteiger partial charge in [-0.2, -0.15) is 4.31 Å². The summed E-state index contributed by atoms with van der Waals surface area (Å²) in [5.74, 6) is 1.43. The molecular formula is C19H28N2O5S. The molecule has 0 saturated carbocycles. The quantitative estimate of drug-likeness (QED) is 0.739. The highest BCUT2D eigenvalue weighted by atomic mass is 32.2. The van der Waals surface area contributed by atoms with E-state index in [0.29, 0.717) is 49.1 Å². The molecule has 0 aromatic heterocycles. The van der Waals surface area contributed by atoms with E-state index in [9.17, 15) is 8.42 Å². The Kier molecular flexibility index (Phi) is 5.67. The number of aliphatic imine (C=N–C) groups is 1. The molecule has 0 atom stereocenters. The van der Waals surface area contributed by atoms with Crippen LogP contribution in [0, 0.1) is 0 Å². The first-order chi connectivity index (χ1) is 12.8. The van der Waals surface area contributed by atoms with Gasteiger partial charge in [-0.25, -0.2) is 13.4 Å². The lowest BCUT2D eigenvalue weighted by Crippen LogP contribution is -2.36. The summed E-state index contributed by atoms with van der Waals surface area (Å²) in [6.45, 7) is 5.55. The molecule has 150 valence electrons. The topological polar surface area (TPSA) is 77.4 Å². The molecule has 0 aliphatic carbocycles. The number of benzene rings is 1. The predicted molar refractivity (Wildman–Crippen MR) is 103 cm³/mol. The van der Waals surface area contributed by atoms with E-state index in [1.54, 1.807) is 16.4 Å². The number of rotatable bonds is 6. The van der Waals surface area contributed by atoms with Gasteiger partial charge < -0.3 is 14.2 Å². The van der Waals surface area contributed by atoms with Crippen molar-refractivity contribution in [3.63, 3.8) is 0 Å². The van der Waals surface area contributed by atoms with Gasteiger partial charge in [-0.15, -0.1) is 0 Å². The van der Waals surface area contributed by atoms with Crippen LogP contribution in [0.25, 0.3) is 0 Å². The molecule has 1 fully saturated rings. The molecule has 2 aliphatic rings. The molecule has 1 saturated heterocycles. The molecule has 0 amide bonds. The zero-order valence-electron chi connectivity index (χ0n) is 16.4. The van der Waals surface area contributed by atoms with Crippen molar-refractivity contribution < 1.29 is 22.6 Å². The van der Waals surface area contributed by atoms with Gasteiger partial charge in [0.1, 0.15) is 6.61 Å². The molecule has 1 aromatic carbocycles. The van der Waals surface area contributed by atoms with Gasteiger partial charge in [0, 0.05) is 19.2 Å². The van der Waals surface area contributed by atoms with Crippen LogP contribution in [0.5, 0.6) is 11.5 Å². The highest BCUT2D eigenvalue weighted by Gasteiger charge is 2.32. The Bertz CT molecular complexity index is 827. The maximum Gasteiger partial charge on any atom is 0.243 e. The molecule has 2 heterocycles. The minimum Gasteiger partial charge on any atom is -0.493 e. The lowest BCUT2D eigenvalue weighted by molar-refractivity contribution is 0.275. The maximum absolute atomic E-state index is 13.3. The molecule has 3 rings (SSSR count). The molecule has 0 spiro atoms. The third-order valence-corrected chi connectivity index (χ3v) is 6.84. The second-order valence-electron chi connectivity index (χ2n) is 7.56. The van der Waals surface area contributed by atoms with Crippen molar-refractivity contribution in [2.45, 2.75) is 50.0 Å². The van der Waals surface area contributed by atoms with Crippen molar-refractivity contribution in [3.05, 3.63) is 17.7 Å². The monoisotopic (exact) mass is 396 g/mol. The van der Waals surface area contributed by atoms with Crippen molar-refractivity contribution in [3.8, 4) is 11.5 Å². The Morgan fingerprint density at radius 2 is 1.74 bits per heavy atom. The number of hydrogen-bond acceptors (Lipinski definition) is 6. The molecule has 8 heteroatoms. The SMILES string of the molecule is COc1cc(CC2=NC(C)(C)CO2)c(S(=O)(=O)N2CCCCC2)cc1OC. The van der Waals surface area contributed by atoms with E-state index in [1.165, 1.54) is 14.2 Å². The van der Waals surface area contributed by atoms with E-state index in [1.807, 2.05) is 13.8 Å². The highest BCUT2D eigenvalue weighted by Crippen LogP contribution is 2.35. The van der Waals surface area contributed by atoms with Crippen LogP contribution in [0.2, 0.25) is 0 Å². The van der Waals surface area contributed by atoms with Crippen LogP contribution in [0.4, 0.5) is 0 Å². The maximum atomic E-state index is 13.3. The number of hydrogen-bond donors (Lipinski definition) is 0. The van der Waals surface area contributed by atoms with E-state index in [4.69, 9.17) is 14.2 Å². The summed E-state index contributed by atoms with van der Waals surface area (Å²) in [6, 6.07) is 3.27. The van der Waals surface area contributed by atoms with Crippen molar-refractivity contribution in [1.82, 2.24) is 4.31 Å². The Morgan fingerprint density at radius 3 is 2.30 bits per heavy atom. The number of sulfonamides is 1. The van der Waals surface area contributed by atoms with Crippen molar-refractivity contribution in [2.24, 2.45) is 4.99 Å². The number of piperidine rings is 1. The minimum atomic E-state index is -3.63. The van der Waals surface area contributed by atoms with Crippen LogP contribution in [0.3, 0.4) is 0 Å². The first-order valence-electron chi connectivity index (χ1n) is 9.23. The Morgan fingerprint density at radius 1 is 1.11 bits per heavy atom. The highest BCUT2D eigenvalue weighted by molar-refractivity contribution is 7.89. The van der Waals surface area contributed by atoms with Crippen molar-refractivity contribution in [2.75, 3.05) is 33.9 Å². The molecule has 1 aromatic rings. The van der Waals surface area contributed by atoms with Gasteiger partial charge in [0.15, 0.2) is 17.4 Å². The molecule has 2 aliphatic heterocycles. The van der Waals surface area contributed by atoms with Gasteiger partial charge in [0.2, 0.25) is 10.0 Å². The van der Waals surface area contributed by atoms with Gasteiger partial charge in [-0.05, 0) is 38.3 Å². The molecule has 0 unspecified atom stereocenters. The largest absolute Gasteiger partial charge is 0.493 e. The predicted octanol–water partition coefficient (Wildman–Crippen LogP) is 2.63. The Balaban J connectivity index is 2.05. The lowest BCUT2D eigenvalue weighted by atomic mass is 10.1. The second kappa shape index (κ2) is 7.67. The summed E-state index contributed by atoms with van der Waals surface area (Å²) in [7, 11) is -0.597. The van der Waals surface area contributed by atoms with Crippen LogP contribution < -0.4 is 9.47 Å². The standard InChI is InChI=1S/C19H28N2O5S/c1-19(2)13-26-18(20-19)11-14-10-15(24-3)16(25-4)12-17(14)27(22,23)21-8-6-5-7-9-21/h10,12H,5-9,11,13H2,1-4H3. The summed E-state index contributed by atoms with van der Waals surface area (Å²) in [5, 5.41) is 0. The van der Waals surface area contributed by atoms with E-state index in [2.05, 4.69) is 4.99 Å². The van der Waals surface area contributed by atoms with Gasteiger partial charge in [-0.3, -0.25) is 0 Å². The second-order valence-corrected chi connectivity index (χ2v) is 9.47. The first kappa shape index (κ1) is 19.9. The average molecular weight is 397 g/mol. The molecule has 0 radical (unpaired) electrons. The van der Waals surface area contributed by atoms with E-state index < -0.39 is 10.0 Å². The molecule has 0 bridgehead atoms. The fourth-order valence-corrected chi connectivity index (χ4v) is 5.18. The Hall–Kier alpha value is -1.80. The smallest absolute Gasteiger partial charge is 0.243 e. The molecule has 27 heavy (non-hydrogen) atoms. The summed E-state index contributed by atoms with van der Waals surface area (Å²) in [6.07, 6.45) is 3.12. The van der Waals surface area contributed by atoms with E-state index >= 15 is 0 Å². The molecule has 7 nitrogen and oxygen atoms in total. The normalized spacial score (nSPS) is 20.1. The Labute approximate surface area is 161 Å². The lowest BCUT2D eigenvalue weighted by Gasteiger charge is -2.27. The van der Waals surface area contributed by atoms with Crippen molar-refractivity contribution in [1.29, 1.82) is 0 Å². The summed E-state index contributed by atoms with van der Waals surface area (Å²) >= 11 is 0. The molecular weight excluding hydrogens is 368 g/mol. The van der Waals surface area contributed by atoms with Crippen LogP contribution in [0.15, 0.2) is 22.0 Å². The fourth-order valence-electron chi connectivity index (χ4n) is 3.44. The summed E-state index contributed by atoms with van der Waals surface area (Å²) < 4.78 is 44.6. The van der Waals surface area contributed by atoms with E-state index in [-0.39, 0.29) is 10.4 Å². The van der Waals surface area contributed by atoms with Crippen LogP contribution in [-0.4, -0.2) is 58.1 Å². The number of methoxy groups -OCH3 is 2. The zero-order valence-corrected chi connectivity index (χ0v) is 17.3. The van der Waals surface area contributed by atoms with Crippen molar-refractivity contribution >= 4 is 15.9 Å². The van der Waals surface area contributed by atoms with Gasteiger partial charge in [-0.1, -0.05) is 6.42 Å². The van der Waals surface area contributed by atoms with E-state index in [0.717, 1.165) is 19.3 Å². The van der Waals surface area contributed by atoms with Gasteiger partial charge >= 0.3 is 0 Å². The van der Waals surface area contributed by atoms with Crippen LogP contribution >= 0.6 is 0 Å². The molecule has 0 N–H and O–H groups in total. The number of ether oxygens (including phenoxy) is 3. The third-order valence-electron chi connectivity index (χ3n) is 4.86. The first-order valence-corrected chi connectivity index (χ1v) is 10.7. The average Bonchev–Trinajstić information content (AvgIpc) is 3.00. The fraction of sp³-hybridized carbons (Fsp3) is 0.632.